The minimum absolute atomic E-state index is 0.0659. The van der Waals surface area contributed by atoms with Gasteiger partial charge < -0.3 is 14.5 Å². The molecule has 0 aliphatic carbocycles. The second-order valence-corrected chi connectivity index (χ2v) is 9.92. The summed E-state index contributed by atoms with van der Waals surface area (Å²) in [6, 6.07) is 9.54. The molecule has 3 aliphatic heterocycles. The number of imide groups is 1. The maximum absolute atomic E-state index is 13.8. The van der Waals surface area contributed by atoms with E-state index in [1.165, 1.54) is 4.90 Å². The number of piperidine rings is 2. The van der Waals surface area contributed by atoms with Gasteiger partial charge in [-0.15, -0.1) is 0 Å². The fourth-order valence-electron chi connectivity index (χ4n) is 5.90. The molecule has 2 fully saturated rings. The van der Waals surface area contributed by atoms with Crippen molar-refractivity contribution in [1.82, 2.24) is 14.8 Å². The van der Waals surface area contributed by atoms with Gasteiger partial charge in [-0.3, -0.25) is 24.3 Å². The third-order valence-corrected chi connectivity index (χ3v) is 7.67. The van der Waals surface area contributed by atoms with Crippen LogP contribution in [0.25, 0.3) is 0 Å². The van der Waals surface area contributed by atoms with Crippen molar-refractivity contribution < 1.29 is 19.1 Å². The van der Waals surface area contributed by atoms with Crippen LogP contribution in [-0.4, -0.2) is 72.4 Å². The van der Waals surface area contributed by atoms with Crippen molar-refractivity contribution in [2.45, 2.75) is 44.6 Å². The third-order valence-electron chi connectivity index (χ3n) is 7.67. The molecular formula is C28H34N4O4. The largest absolute Gasteiger partial charge is 0.385 e. The number of aromatic nitrogens is 1. The van der Waals surface area contributed by atoms with Crippen LogP contribution in [0.1, 0.15) is 70.8 Å². The molecule has 0 unspecified atom stereocenters. The van der Waals surface area contributed by atoms with E-state index in [0.29, 0.717) is 37.2 Å². The summed E-state index contributed by atoms with van der Waals surface area (Å²) < 4.78 is 5.09. The van der Waals surface area contributed by atoms with Crippen LogP contribution in [0.5, 0.6) is 0 Å². The van der Waals surface area contributed by atoms with E-state index in [1.807, 2.05) is 24.4 Å². The van der Waals surface area contributed by atoms with Crippen LogP contribution in [0.15, 0.2) is 42.7 Å². The van der Waals surface area contributed by atoms with Crippen LogP contribution >= 0.6 is 0 Å². The van der Waals surface area contributed by atoms with Crippen LogP contribution in [-0.2, 0) is 9.53 Å². The zero-order valence-electron chi connectivity index (χ0n) is 20.9. The lowest BCUT2D eigenvalue weighted by atomic mass is 9.91. The summed E-state index contributed by atoms with van der Waals surface area (Å²) in [5.74, 6) is -0.450. The van der Waals surface area contributed by atoms with Crippen molar-refractivity contribution >= 4 is 23.4 Å². The number of pyridine rings is 1. The van der Waals surface area contributed by atoms with Crippen LogP contribution in [0.3, 0.4) is 0 Å². The van der Waals surface area contributed by atoms with Crippen molar-refractivity contribution in [2.75, 3.05) is 44.8 Å². The van der Waals surface area contributed by atoms with Crippen molar-refractivity contribution in [3.8, 4) is 0 Å². The van der Waals surface area contributed by atoms with Crippen molar-refractivity contribution in [3.05, 3.63) is 59.4 Å². The van der Waals surface area contributed by atoms with E-state index in [4.69, 9.17) is 4.74 Å². The number of benzene rings is 1. The first-order chi connectivity index (χ1) is 17.6. The van der Waals surface area contributed by atoms with Crippen LogP contribution < -0.4 is 4.90 Å². The second kappa shape index (κ2) is 10.8. The fraction of sp³-hybridized carbons (Fsp3) is 0.500. The Morgan fingerprint density at radius 3 is 2.75 bits per heavy atom. The molecule has 1 aromatic heterocycles. The molecule has 0 spiro atoms. The van der Waals surface area contributed by atoms with E-state index in [1.54, 1.807) is 19.4 Å². The molecule has 8 nitrogen and oxygen atoms in total. The van der Waals surface area contributed by atoms with Crippen molar-refractivity contribution in [2.24, 2.45) is 5.92 Å². The molecule has 3 amide bonds. The van der Waals surface area contributed by atoms with Crippen molar-refractivity contribution in [1.29, 1.82) is 0 Å². The Bertz CT molecular complexity index is 1120. The molecular weight excluding hydrogens is 456 g/mol. The van der Waals surface area contributed by atoms with Gasteiger partial charge in [-0.2, -0.15) is 0 Å². The molecule has 36 heavy (non-hydrogen) atoms. The van der Waals surface area contributed by atoms with E-state index in [9.17, 15) is 14.4 Å². The Labute approximate surface area is 212 Å². The average Bonchev–Trinajstić information content (AvgIpc) is 3.18. The summed E-state index contributed by atoms with van der Waals surface area (Å²) in [7, 11) is 1.61. The molecule has 4 heterocycles. The number of nitrogens with zero attached hydrogens (tertiary/aromatic N) is 4. The van der Waals surface area contributed by atoms with E-state index in [0.717, 1.165) is 56.4 Å². The first kappa shape index (κ1) is 24.4. The second-order valence-electron chi connectivity index (χ2n) is 9.92. The molecule has 190 valence electrons. The number of hydrogen-bond donors (Lipinski definition) is 0. The van der Waals surface area contributed by atoms with Gasteiger partial charge in [0.2, 0.25) is 5.91 Å². The summed E-state index contributed by atoms with van der Waals surface area (Å²) in [4.78, 5) is 49.8. The average molecular weight is 491 g/mol. The molecule has 0 bridgehead atoms. The maximum atomic E-state index is 13.8. The molecule has 2 saturated heterocycles. The normalized spacial score (nSPS) is 22.2. The Balaban J connectivity index is 1.35. The predicted molar refractivity (Wildman–Crippen MR) is 136 cm³/mol. The van der Waals surface area contributed by atoms with Crippen LogP contribution in [0.2, 0.25) is 0 Å². The van der Waals surface area contributed by atoms with Gasteiger partial charge in [-0.25, -0.2) is 0 Å². The molecule has 0 saturated carbocycles. The number of amides is 3. The molecule has 5 rings (SSSR count). The zero-order chi connectivity index (χ0) is 25.1. The predicted octanol–water partition coefficient (Wildman–Crippen LogP) is 3.68. The van der Waals surface area contributed by atoms with Gasteiger partial charge in [-0.05, 0) is 62.3 Å². The van der Waals surface area contributed by atoms with Crippen molar-refractivity contribution in [3.63, 3.8) is 0 Å². The molecule has 1 aromatic carbocycles. The molecule has 3 aliphatic rings. The highest BCUT2D eigenvalue weighted by molar-refractivity contribution is 6.23. The Morgan fingerprint density at radius 2 is 1.94 bits per heavy atom. The zero-order valence-corrected chi connectivity index (χ0v) is 20.9. The number of carbonyl (C=O) groups excluding carboxylic acids is 3. The molecule has 2 atom stereocenters. The van der Waals surface area contributed by atoms with Gasteiger partial charge in [-0.1, -0.05) is 12.1 Å². The van der Waals surface area contributed by atoms with Gasteiger partial charge in [0.15, 0.2) is 0 Å². The molecule has 0 radical (unpaired) electrons. The highest BCUT2D eigenvalue weighted by Crippen LogP contribution is 2.36. The highest BCUT2D eigenvalue weighted by Gasteiger charge is 2.40. The van der Waals surface area contributed by atoms with E-state index >= 15 is 0 Å². The van der Waals surface area contributed by atoms with Gasteiger partial charge in [0.25, 0.3) is 11.8 Å². The molecule has 0 N–H and O–H groups in total. The summed E-state index contributed by atoms with van der Waals surface area (Å²) >= 11 is 0. The van der Waals surface area contributed by atoms with Gasteiger partial charge in [0, 0.05) is 52.3 Å². The minimum atomic E-state index is -0.247. The standard InChI is InChI=1S/C28H34N4O4/c1-36-17-7-16-32-27(34)22-10-4-12-24(25(22)28(32)35)30-14-6-9-21(19-30)26(33)31-15-3-2-11-23(31)20-8-5-13-29-18-20/h4-5,8,10,12-13,18,21,23H,2-3,6-7,9,11,14-17,19H2,1H3/t21-,23-/m1/s1. The van der Waals surface area contributed by atoms with Crippen LogP contribution in [0, 0.1) is 5.92 Å². The fourth-order valence-corrected chi connectivity index (χ4v) is 5.90. The van der Waals surface area contributed by atoms with E-state index in [-0.39, 0.29) is 29.7 Å². The Kier molecular flexibility index (Phi) is 7.32. The number of methoxy groups -OCH3 is 1. The summed E-state index contributed by atoms with van der Waals surface area (Å²) in [6.07, 6.45) is 9.01. The van der Waals surface area contributed by atoms with E-state index in [2.05, 4.69) is 20.9 Å². The summed E-state index contributed by atoms with van der Waals surface area (Å²) in [6.45, 7) is 2.91. The van der Waals surface area contributed by atoms with Gasteiger partial charge in [0.1, 0.15) is 0 Å². The molecule has 8 heteroatoms. The number of ether oxygens (including phenoxy) is 1. The number of anilines is 1. The third kappa shape index (κ3) is 4.62. The van der Waals surface area contributed by atoms with Gasteiger partial charge in [0.05, 0.1) is 28.8 Å². The number of carbonyl (C=O) groups is 3. The number of likely N-dealkylation sites (tertiary alicyclic amines) is 1. The molecule has 2 aromatic rings. The van der Waals surface area contributed by atoms with Crippen LogP contribution in [0.4, 0.5) is 5.69 Å². The maximum Gasteiger partial charge on any atom is 0.263 e. The van der Waals surface area contributed by atoms with Gasteiger partial charge >= 0.3 is 0 Å². The lowest BCUT2D eigenvalue weighted by Crippen LogP contribution is -2.47. The lowest BCUT2D eigenvalue weighted by molar-refractivity contribution is -0.139. The summed E-state index contributed by atoms with van der Waals surface area (Å²) in [5, 5.41) is 0. The first-order valence-electron chi connectivity index (χ1n) is 13.0. The van der Waals surface area contributed by atoms with E-state index < -0.39 is 0 Å². The summed E-state index contributed by atoms with van der Waals surface area (Å²) in [5.41, 5.74) is 2.78. The number of hydrogen-bond acceptors (Lipinski definition) is 6. The first-order valence-corrected chi connectivity index (χ1v) is 13.0. The Hall–Kier alpha value is -3.26. The minimum Gasteiger partial charge on any atom is -0.385 e. The highest BCUT2D eigenvalue weighted by atomic mass is 16.5. The Morgan fingerprint density at radius 1 is 1.06 bits per heavy atom. The smallest absolute Gasteiger partial charge is 0.263 e. The quantitative estimate of drug-likeness (QED) is 0.435. The lowest BCUT2D eigenvalue weighted by Gasteiger charge is -2.41. The number of fused-ring (bicyclic) bond motifs is 1. The number of rotatable bonds is 7. The SMILES string of the molecule is COCCCN1C(=O)c2cccc(N3CCC[C@@H](C(=O)N4CCCC[C@@H]4c4cccnc4)C3)c2C1=O. The topological polar surface area (TPSA) is 83.1 Å². The monoisotopic (exact) mass is 490 g/mol.